The summed E-state index contributed by atoms with van der Waals surface area (Å²) in [7, 11) is 1.75. The van der Waals surface area contributed by atoms with Crippen molar-refractivity contribution in [1.29, 1.82) is 0 Å². The Morgan fingerprint density at radius 1 is 1.29 bits per heavy atom. The monoisotopic (exact) mass is 190 g/mol. The van der Waals surface area contributed by atoms with E-state index in [0.29, 0.717) is 5.92 Å². The van der Waals surface area contributed by atoms with Crippen LogP contribution in [0.25, 0.3) is 0 Å². The van der Waals surface area contributed by atoms with Crippen molar-refractivity contribution in [3.63, 3.8) is 0 Å². The smallest absolute Gasteiger partial charge is 0.122 e. The van der Waals surface area contributed by atoms with Crippen LogP contribution in [-0.4, -0.2) is 7.11 Å². The van der Waals surface area contributed by atoms with Gasteiger partial charge < -0.3 is 4.74 Å². The van der Waals surface area contributed by atoms with Crippen molar-refractivity contribution in [2.24, 2.45) is 5.92 Å². The Bertz CT molecular complexity index is 354. The van der Waals surface area contributed by atoms with E-state index >= 15 is 0 Å². The molecule has 0 spiro atoms. The van der Waals surface area contributed by atoms with Crippen LogP contribution >= 0.6 is 0 Å². The molecule has 2 rings (SSSR count). The zero-order valence-corrected chi connectivity index (χ0v) is 9.42. The average Bonchev–Trinajstić information content (AvgIpc) is 2.44. The highest BCUT2D eigenvalue weighted by Gasteiger charge is 2.28. The van der Waals surface area contributed by atoms with Gasteiger partial charge in [0.05, 0.1) is 7.11 Å². The van der Waals surface area contributed by atoms with E-state index in [1.165, 1.54) is 23.1 Å². The van der Waals surface area contributed by atoms with E-state index in [-0.39, 0.29) is 0 Å². The normalized spacial score (nSPS) is 24.9. The van der Waals surface area contributed by atoms with Crippen LogP contribution in [-0.2, 0) is 6.42 Å². The Hall–Kier alpha value is -0.980. The quantitative estimate of drug-likeness (QED) is 0.660. The lowest BCUT2D eigenvalue weighted by molar-refractivity contribution is 0.410. The minimum atomic E-state index is 0.681. The zero-order valence-electron chi connectivity index (χ0n) is 9.42. The summed E-state index contributed by atoms with van der Waals surface area (Å²) in [6, 6.07) is 4.32. The number of hydrogen-bond donors (Lipinski definition) is 0. The standard InChI is InChI=1S/C13H18O/c1-8-7-11-5-6-12(14-4)10(3)13(11)9(8)2/h5-6,8-9H,7H2,1-4H3. The number of methoxy groups -OCH3 is 1. The fourth-order valence-electron chi connectivity index (χ4n) is 2.61. The van der Waals surface area contributed by atoms with Crippen LogP contribution in [0, 0.1) is 12.8 Å². The van der Waals surface area contributed by atoms with Gasteiger partial charge >= 0.3 is 0 Å². The maximum Gasteiger partial charge on any atom is 0.122 e. The molecule has 0 radical (unpaired) electrons. The molecule has 0 bridgehead atoms. The largest absolute Gasteiger partial charge is 0.496 e. The van der Waals surface area contributed by atoms with Gasteiger partial charge in [0, 0.05) is 0 Å². The average molecular weight is 190 g/mol. The molecular weight excluding hydrogens is 172 g/mol. The molecule has 14 heavy (non-hydrogen) atoms. The van der Waals surface area contributed by atoms with E-state index in [1.54, 1.807) is 7.11 Å². The fraction of sp³-hybridized carbons (Fsp3) is 0.538. The maximum atomic E-state index is 5.35. The van der Waals surface area contributed by atoms with Gasteiger partial charge in [0.2, 0.25) is 0 Å². The molecule has 0 saturated heterocycles. The van der Waals surface area contributed by atoms with E-state index in [1.807, 2.05) is 0 Å². The second kappa shape index (κ2) is 3.30. The maximum absolute atomic E-state index is 5.35. The van der Waals surface area contributed by atoms with Crippen molar-refractivity contribution in [2.75, 3.05) is 7.11 Å². The van der Waals surface area contributed by atoms with Crippen molar-refractivity contribution >= 4 is 0 Å². The van der Waals surface area contributed by atoms with Crippen LogP contribution in [0.3, 0.4) is 0 Å². The summed E-state index contributed by atoms with van der Waals surface area (Å²) in [5.74, 6) is 2.49. The summed E-state index contributed by atoms with van der Waals surface area (Å²) in [5.41, 5.74) is 4.38. The molecule has 0 heterocycles. The number of rotatable bonds is 1. The molecule has 0 aliphatic heterocycles. The summed E-state index contributed by atoms with van der Waals surface area (Å²) < 4.78 is 5.35. The molecular formula is C13H18O. The van der Waals surface area contributed by atoms with Crippen molar-refractivity contribution in [1.82, 2.24) is 0 Å². The Labute approximate surface area is 86.1 Å². The van der Waals surface area contributed by atoms with Gasteiger partial charge in [-0.05, 0) is 47.9 Å². The lowest BCUT2D eigenvalue weighted by Gasteiger charge is -2.14. The number of hydrogen-bond acceptors (Lipinski definition) is 1. The highest BCUT2D eigenvalue weighted by atomic mass is 16.5. The van der Waals surface area contributed by atoms with E-state index in [0.717, 1.165) is 11.7 Å². The summed E-state index contributed by atoms with van der Waals surface area (Å²) in [6.45, 7) is 6.83. The third kappa shape index (κ3) is 1.23. The second-order valence-electron chi connectivity index (χ2n) is 4.44. The van der Waals surface area contributed by atoms with Gasteiger partial charge in [-0.1, -0.05) is 19.9 Å². The molecule has 2 atom stereocenters. The molecule has 0 fully saturated rings. The van der Waals surface area contributed by atoms with Crippen molar-refractivity contribution in [3.8, 4) is 5.75 Å². The molecule has 0 saturated carbocycles. The molecule has 76 valence electrons. The topological polar surface area (TPSA) is 9.23 Å². The minimum Gasteiger partial charge on any atom is -0.496 e. The molecule has 2 unspecified atom stereocenters. The van der Waals surface area contributed by atoms with Crippen LogP contribution in [0.2, 0.25) is 0 Å². The highest BCUT2D eigenvalue weighted by molar-refractivity contribution is 5.48. The highest BCUT2D eigenvalue weighted by Crippen LogP contribution is 2.41. The number of fused-ring (bicyclic) bond motifs is 1. The third-order valence-corrected chi connectivity index (χ3v) is 3.63. The SMILES string of the molecule is COc1ccc2c(c1C)C(C)C(C)C2. The zero-order chi connectivity index (χ0) is 10.3. The molecule has 0 aromatic heterocycles. The third-order valence-electron chi connectivity index (χ3n) is 3.63. The van der Waals surface area contributed by atoms with Crippen molar-refractivity contribution in [2.45, 2.75) is 33.1 Å². The van der Waals surface area contributed by atoms with Crippen LogP contribution in [0.15, 0.2) is 12.1 Å². The lowest BCUT2D eigenvalue weighted by atomic mass is 9.93. The van der Waals surface area contributed by atoms with Gasteiger partial charge in [-0.3, -0.25) is 0 Å². The van der Waals surface area contributed by atoms with E-state index in [2.05, 4.69) is 32.9 Å². The summed E-state index contributed by atoms with van der Waals surface area (Å²) in [4.78, 5) is 0. The predicted octanol–water partition coefficient (Wildman–Crippen LogP) is 3.30. The minimum absolute atomic E-state index is 0.681. The molecule has 1 aliphatic rings. The van der Waals surface area contributed by atoms with Crippen molar-refractivity contribution < 1.29 is 4.74 Å². The lowest BCUT2D eigenvalue weighted by Crippen LogP contribution is -2.00. The second-order valence-corrected chi connectivity index (χ2v) is 4.44. The van der Waals surface area contributed by atoms with Gasteiger partial charge in [0.15, 0.2) is 0 Å². The first-order chi connectivity index (χ1) is 6.65. The van der Waals surface area contributed by atoms with Gasteiger partial charge in [-0.15, -0.1) is 0 Å². The summed E-state index contributed by atoms with van der Waals surface area (Å²) in [6.07, 6.45) is 1.22. The Kier molecular flexibility index (Phi) is 2.26. The fourth-order valence-corrected chi connectivity index (χ4v) is 2.61. The van der Waals surface area contributed by atoms with E-state index in [4.69, 9.17) is 4.74 Å². The van der Waals surface area contributed by atoms with Gasteiger partial charge in [-0.25, -0.2) is 0 Å². The Balaban J connectivity index is 2.54. The molecule has 1 heteroatoms. The Morgan fingerprint density at radius 2 is 2.00 bits per heavy atom. The van der Waals surface area contributed by atoms with Gasteiger partial charge in [-0.2, -0.15) is 0 Å². The molecule has 1 aromatic carbocycles. The van der Waals surface area contributed by atoms with Crippen LogP contribution in [0.4, 0.5) is 0 Å². The van der Waals surface area contributed by atoms with Crippen LogP contribution in [0.5, 0.6) is 5.75 Å². The first kappa shape index (κ1) is 9.57. The first-order valence-corrected chi connectivity index (χ1v) is 5.31. The van der Waals surface area contributed by atoms with Gasteiger partial charge in [0.25, 0.3) is 0 Å². The number of benzene rings is 1. The molecule has 1 aromatic rings. The van der Waals surface area contributed by atoms with Crippen LogP contribution in [0.1, 0.15) is 36.5 Å². The summed E-state index contributed by atoms with van der Waals surface area (Å²) >= 11 is 0. The van der Waals surface area contributed by atoms with E-state index in [9.17, 15) is 0 Å². The van der Waals surface area contributed by atoms with Gasteiger partial charge in [0.1, 0.15) is 5.75 Å². The number of ether oxygens (including phenoxy) is 1. The van der Waals surface area contributed by atoms with E-state index < -0.39 is 0 Å². The predicted molar refractivity (Wildman–Crippen MR) is 59.0 cm³/mol. The Morgan fingerprint density at radius 3 is 2.64 bits per heavy atom. The first-order valence-electron chi connectivity index (χ1n) is 5.31. The molecule has 0 amide bonds. The summed E-state index contributed by atoms with van der Waals surface area (Å²) in [5, 5.41) is 0. The van der Waals surface area contributed by atoms with Crippen LogP contribution < -0.4 is 4.74 Å². The molecule has 0 N–H and O–H groups in total. The molecule has 1 nitrogen and oxygen atoms in total. The van der Waals surface area contributed by atoms with Crippen molar-refractivity contribution in [3.05, 3.63) is 28.8 Å². The molecule has 1 aliphatic carbocycles.